The number of H-pyrrole nitrogens is 1. The van der Waals surface area contributed by atoms with Gasteiger partial charge in [0.05, 0.1) is 22.3 Å². The van der Waals surface area contributed by atoms with Crippen LogP contribution >= 0.6 is 15.9 Å². The molecule has 0 aliphatic heterocycles. The van der Waals surface area contributed by atoms with Crippen LogP contribution in [0.3, 0.4) is 0 Å². The smallest absolute Gasteiger partial charge is 0.281 e. The van der Waals surface area contributed by atoms with Crippen molar-refractivity contribution in [3.63, 3.8) is 0 Å². The molecule has 0 fully saturated rings. The largest absolute Gasteiger partial charge is 0.320 e. The minimum absolute atomic E-state index is 0.286. The van der Waals surface area contributed by atoms with Gasteiger partial charge >= 0.3 is 0 Å². The molecule has 142 valence electrons. The average Bonchev–Trinajstić information content (AvgIpc) is 3.08. The first kappa shape index (κ1) is 17.6. The molecule has 5 aromatic rings. The monoisotopic (exact) mass is 447 g/mol. The number of hydrogen-bond donors (Lipinski definition) is 1. The molecule has 0 amide bonds. The third-order valence-corrected chi connectivity index (χ3v) is 5.27. The summed E-state index contributed by atoms with van der Waals surface area (Å²) in [5.41, 5.74) is 2.90. The van der Waals surface area contributed by atoms with E-state index in [-0.39, 0.29) is 11.1 Å². The maximum atomic E-state index is 13.5. The molecule has 29 heavy (non-hydrogen) atoms. The number of fused-ring (bicyclic) bond motifs is 2. The highest BCUT2D eigenvalue weighted by Gasteiger charge is 2.16. The molecular formula is C21H14BrN5O2. The first-order valence-corrected chi connectivity index (χ1v) is 9.65. The van der Waals surface area contributed by atoms with Crippen molar-refractivity contribution >= 4 is 37.9 Å². The molecule has 0 spiro atoms. The van der Waals surface area contributed by atoms with Crippen LogP contribution in [-0.4, -0.2) is 24.5 Å². The summed E-state index contributed by atoms with van der Waals surface area (Å²) in [5, 5.41) is 9.78. The van der Waals surface area contributed by atoms with Gasteiger partial charge in [-0.05, 0) is 42.0 Å². The van der Waals surface area contributed by atoms with E-state index < -0.39 is 0 Å². The first-order valence-electron chi connectivity index (χ1n) is 8.86. The van der Waals surface area contributed by atoms with Crippen LogP contribution in [0.1, 0.15) is 0 Å². The zero-order valence-corrected chi connectivity index (χ0v) is 16.8. The van der Waals surface area contributed by atoms with E-state index in [1.165, 1.54) is 10.7 Å². The predicted octanol–water partition coefficient (Wildman–Crippen LogP) is 3.39. The molecule has 0 aliphatic rings. The maximum Gasteiger partial charge on any atom is 0.281 e. The lowest BCUT2D eigenvalue weighted by molar-refractivity contribution is 0.780. The Bertz CT molecular complexity index is 1510. The van der Waals surface area contributed by atoms with Gasteiger partial charge in [-0.3, -0.25) is 14.3 Å². The molecule has 0 unspecified atom stereocenters. The van der Waals surface area contributed by atoms with E-state index in [0.29, 0.717) is 27.8 Å². The fourth-order valence-corrected chi connectivity index (χ4v) is 3.70. The number of aromatic nitrogens is 5. The second-order valence-electron chi connectivity index (χ2n) is 6.73. The van der Waals surface area contributed by atoms with E-state index >= 15 is 0 Å². The molecule has 0 atom stereocenters. The number of halogens is 1. The summed E-state index contributed by atoms with van der Waals surface area (Å²) in [5.74, 6) is 0. The van der Waals surface area contributed by atoms with Crippen molar-refractivity contribution in [2.45, 2.75) is 0 Å². The highest BCUT2D eigenvalue weighted by atomic mass is 79.9. The maximum absolute atomic E-state index is 13.5. The van der Waals surface area contributed by atoms with Crippen LogP contribution in [0.4, 0.5) is 0 Å². The van der Waals surface area contributed by atoms with Crippen LogP contribution in [0.25, 0.3) is 38.8 Å². The van der Waals surface area contributed by atoms with E-state index in [1.54, 1.807) is 10.7 Å². The molecule has 5 rings (SSSR count). The molecule has 0 saturated carbocycles. The Kier molecular flexibility index (Phi) is 3.95. The van der Waals surface area contributed by atoms with Gasteiger partial charge in [0, 0.05) is 29.2 Å². The number of pyridine rings is 1. The number of aryl methyl sites for hydroxylation is 1. The standard InChI is InChI=1S/C21H14BrN5O2/c1-26-11-13-10-15(6-7-16(13)24-26)27-21(29)19(12-2-4-14(22)5-3-12)20-17(25-27)8-9-18(28)23-20/h2-11H,1H3,(H,23,28). The summed E-state index contributed by atoms with van der Waals surface area (Å²) < 4.78 is 3.99. The fraction of sp³-hybridized carbons (Fsp3) is 0.0476. The molecule has 2 aromatic carbocycles. The minimum Gasteiger partial charge on any atom is -0.320 e. The number of rotatable bonds is 2. The van der Waals surface area contributed by atoms with Gasteiger partial charge in [0.2, 0.25) is 5.56 Å². The highest BCUT2D eigenvalue weighted by molar-refractivity contribution is 9.10. The van der Waals surface area contributed by atoms with Crippen LogP contribution < -0.4 is 11.1 Å². The second kappa shape index (κ2) is 6.52. The quantitative estimate of drug-likeness (QED) is 0.449. The van der Waals surface area contributed by atoms with Crippen molar-refractivity contribution in [3.05, 3.63) is 86.0 Å². The SMILES string of the molecule is Cn1cc2cc(-n3nc4ccc(=O)[nH]c4c(-c4ccc(Br)cc4)c3=O)ccc2n1. The van der Waals surface area contributed by atoms with Gasteiger partial charge in [0.25, 0.3) is 5.56 Å². The molecule has 0 saturated heterocycles. The third-order valence-electron chi connectivity index (χ3n) is 4.74. The summed E-state index contributed by atoms with van der Waals surface area (Å²) in [6, 6.07) is 15.9. The molecule has 0 bridgehead atoms. The van der Waals surface area contributed by atoms with Crippen LogP contribution in [0.15, 0.2) is 74.9 Å². The lowest BCUT2D eigenvalue weighted by Gasteiger charge is -2.11. The molecule has 3 heterocycles. The zero-order valence-electron chi connectivity index (χ0n) is 15.3. The Labute approximate surface area is 172 Å². The lowest BCUT2D eigenvalue weighted by Crippen LogP contribution is -2.24. The third kappa shape index (κ3) is 2.98. The number of nitrogens with one attached hydrogen (secondary N) is 1. The van der Waals surface area contributed by atoms with Gasteiger partial charge in [0.1, 0.15) is 5.52 Å². The molecule has 8 heteroatoms. The van der Waals surface area contributed by atoms with Crippen molar-refractivity contribution in [3.8, 4) is 16.8 Å². The van der Waals surface area contributed by atoms with E-state index in [1.807, 2.05) is 55.7 Å². The summed E-state index contributed by atoms with van der Waals surface area (Å²) in [6.45, 7) is 0. The lowest BCUT2D eigenvalue weighted by atomic mass is 10.1. The number of hydrogen-bond acceptors (Lipinski definition) is 4. The summed E-state index contributed by atoms with van der Waals surface area (Å²) in [4.78, 5) is 28.2. The van der Waals surface area contributed by atoms with Gasteiger partial charge in [-0.25, -0.2) is 0 Å². The molecule has 7 nitrogen and oxygen atoms in total. The van der Waals surface area contributed by atoms with Crippen molar-refractivity contribution in [2.75, 3.05) is 0 Å². The van der Waals surface area contributed by atoms with Gasteiger partial charge in [0.15, 0.2) is 0 Å². The van der Waals surface area contributed by atoms with E-state index in [0.717, 1.165) is 15.4 Å². The Morgan fingerprint density at radius 3 is 2.48 bits per heavy atom. The van der Waals surface area contributed by atoms with Crippen molar-refractivity contribution in [2.24, 2.45) is 7.05 Å². The Balaban J connectivity index is 1.85. The number of nitrogens with zero attached hydrogens (tertiary/aromatic N) is 4. The fourth-order valence-electron chi connectivity index (χ4n) is 3.43. The van der Waals surface area contributed by atoms with Crippen LogP contribution in [0, 0.1) is 0 Å². The van der Waals surface area contributed by atoms with Gasteiger partial charge in [-0.15, -0.1) is 0 Å². The van der Waals surface area contributed by atoms with Gasteiger partial charge in [-0.2, -0.15) is 14.9 Å². The number of aromatic amines is 1. The zero-order chi connectivity index (χ0) is 20.1. The van der Waals surface area contributed by atoms with Gasteiger partial charge in [-0.1, -0.05) is 28.1 Å². The first-order chi connectivity index (χ1) is 14.0. The van der Waals surface area contributed by atoms with Crippen molar-refractivity contribution < 1.29 is 0 Å². The topological polar surface area (TPSA) is 85.6 Å². The number of benzene rings is 2. The van der Waals surface area contributed by atoms with Crippen molar-refractivity contribution in [1.29, 1.82) is 0 Å². The molecule has 1 N–H and O–H groups in total. The van der Waals surface area contributed by atoms with Crippen molar-refractivity contribution in [1.82, 2.24) is 24.5 Å². The molecular weight excluding hydrogens is 434 g/mol. The average molecular weight is 448 g/mol. The summed E-state index contributed by atoms with van der Waals surface area (Å²) in [7, 11) is 1.85. The van der Waals surface area contributed by atoms with E-state index in [2.05, 4.69) is 31.1 Å². The Morgan fingerprint density at radius 1 is 0.931 bits per heavy atom. The molecule has 0 radical (unpaired) electrons. The van der Waals surface area contributed by atoms with E-state index in [9.17, 15) is 9.59 Å². The van der Waals surface area contributed by atoms with Gasteiger partial charge < -0.3 is 4.98 Å². The Morgan fingerprint density at radius 2 is 1.69 bits per heavy atom. The predicted molar refractivity (Wildman–Crippen MR) is 115 cm³/mol. The normalized spacial score (nSPS) is 11.4. The van der Waals surface area contributed by atoms with Crippen LogP contribution in [-0.2, 0) is 7.05 Å². The molecule has 3 aromatic heterocycles. The Hall–Kier alpha value is -3.52. The minimum atomic E-state index is -0.315. The molecule has 0 aliphatic carbocycles. The summed E-state index contributed by atoms with van der Waals surface area (Å²) >= 11 is 3.41. The van der Waals surface area contributed by atoms with Crippen LogP contribution in [0.5, 0.6) is 0 Å². The second-order valence-corrected chi connectivity index (χ2v) is 7.64. The van der Waals surface area contributed by atoms with Crippen LogP contribution in [0.2, 0.25) is 0 Å². The summed E-state index contributed by atoms with van der Waals surface area (Å²) in [6.07, 6.45) is 1.89. The van der Waals surface area contributed by atoms with E-state index in [4.69, 9.17) is 0 Å². The highest BCUT2D eigenvalue weighted by Crippen LogP contribution is 2.25.